The Balaban J connectivity index is 1.42. The zero-order chi connectivity index (χ0) is 12.9. The molecule has 0 aromatic carbocycles. The molecule has 0 spiro atoms. The van der Waals surface area contributed by atoms with Gasteiger partial charge in [-0.1, -0.05) is 6.07 Å². The van der Waals surface area contributed by atoms with E-state index >= 15 is 0 Å². The van der Waals surface area contributed by atoms with E-state index in [2.05, 4.69) is 40.1 Å². The minimum Gasteiger partial charge on any atom is -0.360 e. The van der Waals surface area contributed by atoms with Gasteiger partial charge >= 0.3 is 0 Å². The average Bonchev–Trinajstić information content (AvgIpc) is 2.88. The molecule has 102 valence electrons. The van der Waals surface area contributed by atoms with Gasteiger partial charge in [0.15, 0.2) is 12.4 Å². The fraction of sp³-hybridized carbons (Fsp3) is 0.625. The van der Waals surface area contributed by atoms with Gasteiger partial charge in [0.25, 0.3) is 0 Å². The minimum atomic E-state index is 0.751. The molecule has 1 saturated heterocycles. The first-order valence-corrected chi connectivity index (χ1v) is 7.67. The third kappa shape index (κ3) is 3.14. The molecule has 1 fully saturated rings. The van der Waals surface area contributed by atoms with Gasteiger partial charge in [-0.2, -0.15) is 0 Å². The molecule has 0 bridgehead atoms. The van der Waals surface area contributed by atoms with Gasteiger partial charge in [-0.15, -0.1) is 0 Å². The van der Waals surface area contributed by atoms with Crippen molar-refractivity contribution in [3.05, 3.63) is 30.6 Å². The van der Waals surface area contributed by atoms with E-state index < -0.39 is 0 Å². The molecular formula is C16H24N3+. The lowest BCUT2D eigenvalue weighted by atomic mass is 10.00. The van der Waals surface area contributed by atoms with E-state index in [9.17, 15) is 0 Å². The summed E-state index contributed by atoms with van der Waals surface area (Å²) in [6.07, 6.45) is 10.8. The van der Waals surface area contributed by atoms with Crippen LogP contribution in [0.1, 0.15) is 32.1 Å². The summed E-state index contributed by atoms with van der Waals surface area (Å²) in [7, 11) is 0. The lowest BCUT2D eigenvalue weighted by Gasteiger charge is -2.24. The first-order chi connectivity index (χ1) is 9.43. The molecule has 0 saturated carbocycles. The second-order valence-electron chi connectivity index (χ2n) is 5.68. The molecule has 1 unspecified atom stereocenters. The maximum Gasteiger partial charge on any atom is 0.168 e. The quantitative estimate of drug-likeness (QED) is 0.586. The molecule has 3 heteroatoms. The summed E-state index contributed by atoms with van der Waals surface area (Å²) in [5.41, 5.74) is 0. The molecule has 1 aromatic rings. The minimum absolute atomic E-state index is 0.751. The SMILES string of the molecule is c1cc[n+](CCCCC2CCN3CCCN=C23)cc1. The number of nitrogens with zero attached hydrogens (tertiary/aromatic N) is 3. The van der Waals surface area contributed by atoms with Crippen molar-refractivity contribution in [3.8, 4) is 0 Å². The number of aromatic nitrogens is 1. The van der Waals surface area contributed by atoms with Gasteiger partial charge in [0, 0.05) is 44.1 Å². The second kappa shape index (κ2) is 6.18. The highest BCUT2D eigenvalue weighted by atomic mass is 15.2. The summed E-state index contributed by atoms with van der Waals surface area (Å²) < 4.78 is 2.28. The first-order valence-electron chi connectivity index (χ1n) is 7.67. The maximum atomic E-state index is 4.75. The predicted octanol–water partition coefficient (Wildman–Crippen LogP) is 2.27. The third-order valence-electron chi connectivity index (χ3n) is 4.29. The fourth-order valence-electron chi connectivity index (χ4n) is 3.27. The van der Waals surface area contributed by atoms with Crippen molar-refractivity contribution >= 4 is 5.84 Å². The molecule has 2 aliphatic heterocycles. The van der Waals surface area contributed by atoms with Crippen molar-refractivity contribution in [2.45, 2.75) is 38.6 Å². The zero-order valence-electron chi connectivity index (χ0n) is 11.7. The molecule has 19 heavy (non-hydrogen) atoms. The third-order valence-corrected chi connectivity index (χ3v) is 4.29. The van der Waals surface area contributed by atoms with Crippen LogP contribution in [-0.4, -0.2) is 30.4 Å². The highest BCUT2D eigenvalue weighted by Crippen LogP contribution is 2.26. The van der Waals surface area contributed by atoms with E-state index in [0.717, 1.165) is 19.0 Å². The Morgan fingerprint density at radius 2 is 2.05 bits per heavy atom. The van der Waals surface area contributed by atoms with Crippen molar-refractivity contribution in [1.82, 2.24) is 4.90 Å². The number of aliphatic imine (C=N–C) groups is 1. The molecule has 3 nitrogen and oxygen atoms in total. The number of hydrogen-bond acceptors (Lipinski definition) is 2. The van der Waals surface area contributed by atoms with Crippen LogP contribution in [0.4, 0.5) is 0 Å². The van der Waals surface area contributed by atoms with Crippen LogP contribution in [-0.2, 0) is 6.54 Å². The van der Waals surface area contributed by atoms with E-state index in [-0.39, 0.29) is 0 Å². The van der Waals surface area contributed by atoms with Crippen molar-refractivity contribution in [3.63, 3.8) is 0 Å². The number of unbranched alkanes of at least 4 members (excludes halogenated alkanes) is 1. The molecule has 2 aliphatic rings. The highest BCUT2D eigenvalue weighted by Gasteiger charge is 2.29. The summed E-state index contributed by atoms with van der Waals surface area (Å²) in [5, 5.41) is 0. The number of aryl methyl sites for hydroxylation is 1. The van der Waals surface area contributed by atoms with Crippen LogP contribution in [0.15, 0.2) is 35.6 Å². The smallest absolute Gasteiger partial charge is 0.168 e. The van der Waals surface area contributed by atoms with E-state index in [4.69, 9.17) is 4.99 Å². The Morgan fingerprint density at radius 3 is 2.95 bits per heavy atom. The van der Waals surface area contributed by atoms with Crippen molar-refractivity contribution < 1.29 is 4.57 Å². The average molecular weight is 258 g/mol. The monoisotopic (exact) mass is 258 g/mol. The number of fused-ring (bicyclic) bond motifs is 1. The maximum absolute atomic E-state index is 4.75. The highest BCUT2D eigenvalue weighted by molar-refractivity contribution is 5.87. The normalized spacial score (nSPS) is 22.2. The molecule has 0 N–H and O–H groups in total. The molecule has 3 rings (SSSR count). The molecule has 1 aromatic heterocycles. The van der Waals surface area contributed by atoms with Crippen LogP contribution in [0, 0.1) is 5.92 Å². The van der Waals surface area contributed by atoms with Gasteiger partial charge in [0.1, 0.15) is 12.4 Å². The van der Waals surface area contributed by atoms with Crippen LogP contribution < -0.4 is 4.57 Å². The number of pyridine rings is 1. The van der Waals surface area contributed by atoms with E-state index in [1.807, 2.05) is 0 Å². The summed E-state index contributed by atoms with van der Waals surface area (Å²) in [6.45, 7) is 4.69. The van der Waals surface area contributed by atoms with E-state index in [1.54, 1.807) is 0 Å². The molecule has 0 radical (unpaired) electrons. The van der Waals surface area contributed by atoms with Crippen molar-refractivity contribution in [2.75, 3.05) is 19.6 Å². The van der Waals surface area contributed by atoms with Gasteiger partial charge < -0.3 is 4.90 Å². The van der Waals surface area contributed by atoms with Gasteiger partial charge in [0.2, 0.25) is 0 Å². The van der Waals surface area contributed by atoms with Crippen LogP contribution in [0.5, 0.6) is 0 Å². The molecule has 1 atom stereocenters. The van der Waals surface area contributed by atoms with E-state index in [0.29, 0.717) is 0 Å². The molecular weight excluding hydrogens is 234 g/mol. The Morgan fingerprint density at radius 1 is 1.16 bits per heavy atom. The topological polar surface area (TPSA) is 19.5 Å². The number of hydrogen-bond donors (Lipinski definition) is 0. The summed E-state index contributed by atoms with van der Waals surface area (Å²) in [5.74, 6) is 2.18. The van der Waals surface area contributed by atoms with Gasteiger partial charge in [-0.05, 0) is 25.7 Å². The summed E-state index contributed by atoms with van der Waals surface area (Å²) in [4.78, 5) is 7.26. The second-order valence-corrected chi connectivity index (χ2v) is 5.68. The zero-order valence-corrected chi connectivity index (χ0v) is 11.7. The first kappa shape index (κ1) is 12.6. The number of rotatable bonds is 5. The van der Waals surface area contributed by atoms with Crippen molar-refractivity contribution in [1.29, 1.82) is 0 Å². The number of amidine groups is 1. The van der Waals surface area contributed by atoms with Crippen LogP contribution in [0.3, 0.4) is 0 Å². The van der Waals surface area contributed by atoms with Crippen molar-refractivity contribution in [2.24, 2.45) is 10.9 Å². The van der Waals surface area contributed by atoms with E-state index in [1.165, 1.54) is 51.0 Å². The van der Waals surface area contributed by atoms with Crippen LogP contribution >= 0.6 is 0 Å². The Kier molecular flexibility index (Phi) is 4.11. The Bertz CT molecular complexity index is 427. The lowest BCUT2D eigenvalue weighted by molar-refractivity contribution is -0.697. The summed E-state index contributed by atoms with van der Waals surface area (Å²) >= 11 is 0. The predicted molar refractivity (Wildman–Crippen MR) is 77.1 cm³/mol. The molecule has 0 aliphatic carbocycles. The molecule has 0 amide bonds. The van der Waals surface area contributed by atoms with Gasteiger partial charge in [-0.3, -0.25) is 4.99 Å². The summed E-state index contributed by atoms with van der Waals surface area (Å²) in [6, 6.07) is 6.28. The Hall–Kier alpha value is -1.38. The fourth-order valence-corrected chi connectivity index (χ4v) is 3.27. The van der Waals surface area contributed by atoms with Gasteiger partial charge in [-0.25, -0.2) is 4.57 Å². The lowest BCUT2D eigenvalue weighted by Crippen LogP contribution is -2.33. The molecule has 3 heterocycles. The van der Waals surface area contributed by atoms with Crippen LogP contribution in [0.25, 0.3) is 0 Å². The van der Waals surface area contributed by atoms with Crippen LogP contribution in [0.2, 0.25) is 0 Å². The standard InChI is InChI=1S/C16H24N3/c1-3-10-18(11-4-1)12-5-2-7-15-8-14-19-13-6-9-17-16(15)19/h1,3-4,10-11,15H,2,5-9,12-14H2/q+1. The van der Waals surface area contributed by atoms with Gasteiger partial charge in [0.05, 0.1) is 0 Å². The largest absolute Gasteiger partial charge is 0.360 e. The Labute approximate surface area is 116 Å².